The molecular weight excluding hydrogens is 388 g/mol. The summed E-state index contributed by atoms with van der Waals surface area (Å²) in [5.41, 5.74) is 2.00. The number of nitro groups is 1. The van der Waals surface area contributed by atoms with Gasteiger partial charge < -0.3 is 14.0 Å². The molecule has 10 heteroatoms. The zero-order chi connectivity index (χ0) is 20.8. The predicted molar refractivity (Wildman–Crippen MR) is 101 cm³/mol. The lowest BCUT2D eigenvalue weighted by molar-refractivity contribution is -0.380. The summed E-state index contributed by atoms with van der Waals surface area (Å²) in [7, 11) is 1.33. The van der Waals surface area contributed by atoms with E-state index >= 15 is 0 Å². The Kier molecular flexibility index (Phi) is 7.05. The zero-order valence-electron chi connectivity index (χ0n) is 15.7. The molecule has 0 radical (unpaired) electrons. The van der Waals surface area contributed by atoms with Gasteiger partial charge in [0.25, 0.3) is 0 Å². The van der Waals surface area contributed by atoms with Crippen LogP contribution in [0.4, 0.5) is 5.00 Å². The maximum Gasteiger partial charge on any atom is 0.349 e. The molecule has 2 aromatic rings. The van der Waals surface area contributed by atoms with Crippen molar-refractivity contribution < 1.29 is 28.8 Å². The molecule has 2 rings (SSSR count). The predicted octanol–water partition coefficient (Wildman–Crippen LogP) is 3.07. The molecule has 9 nitrogen and oxygen atoms in total. The standard InChI is InChI=1S/C18H20N2O7S/c1-11-9-13(12(2)19(11)8-4-5-17(22)26-3)14(21)10-27-18(23)15-6-7-16(28-15)20(24)25/h6-7,9H,4-5,8,10H2,1-3H3. The molecule has 0 aliphatic heterocycles. The molecule has 0 atom stereocenters. The van der Waals surface area contributed by atoms with Crippen molar-refractivity contribution in [1.29, 1.82) is 0 Å². The number of ether oxygens (including phenoxy) is 2. The van der Waals surface area contributed by atoms with E-state index in [0.717, 1.165) is 11.4 Å². The van der Waals surface area contributed by atoms with Crippen molar-refractivity contribution in [3.05, 3.63) is 50.1 Å². The topological polar surface area (TPSA) is 118 Å². The van der Waals surface area contributed by atoms with Crippen molar-refractivity contribution in [2.24, 2.45) is 0 Å². The average Bonchev–Trinajstić information content (AvgIpc) is 3.26. The molecule has 0 N–H and O–H groups in total. The van der Waals surface area contributed by atoms with Gasteiger partial charge in [-0.2, -0.15) is 0 Å². The normalized spacial score (nSPS) is 10.5. The molecule has 2 aromatic heterocycles. The van der Waals surface area contributed by atoms with Crippen LogP contribution in [0.1, 0.15) is 44.3 Å². The summed E-state index contributed by atoms with van der Waals surface area (Å²) in [5, 5.41) is 10.5. The molecule has 0 aliphatic carbocycles. The highest BCUT2D eigenvalue weighted by molar-refractivity contribution is 7.17. The van der Waals surface area contributed by atoms with Gasteiger partial charge in [-0.05, 0) is 32.4 Å². The van der Waals surface area contributed by atoms with Gasteiger partial charge in [0.05, 0.1) is 12.0 Å². The van der Waals surface area contributed by atoms with Crippen LogP contribution in [0, 0.1) is 24.0 Å². The minimum Gasteiger partial charge on any atom is -0.469 e. The third-order valence-electron chi connectivity index (χ3n) is 4.17. The van der Waals surface area contributed by atoms with Crippen LogP contribution in [0.25, 0.3) is 0 Å². The van der Waals surface area contributed by atoms with Crippen molar-refractivity contribution in [3.63, 3.8) is 0 Å². The second-order valence-electron chi connectivity index (χ2n) is 6.01. The van der Waals surface area contributed by atoms with Crippen LogP contribution >= 0.6 is 11.3 Å². The van der Waals surface area contributed by atoms with E-state index in [9.17, 15) is 24.5 Å². The van der Waals surface area contributed by atoms with E-state index < -0.39 is 17.5 Å². The number of methoxy groups -OCH3 is 1. The molecule has 0 fully saturated rings. The van der Waals surface area contributed by atoms with Crippen LogP contribution in [-0.4, -0.2) is 40.9 Å². The average molecular weight is 408 g/mol. The first-order valence-electron chi connectivity index (χ1n) is 8.42. The van der Waals surface area contributed by atoms with Gasteiger partial charge in [-0.1, -0.05) is 11.3 Å². The highest BCUT2D eigenvalue weighted by Gasteiger charge is 2.20. The molecule has 0 unspecified atom stereocenters. The molecule has 0 aromatic carbocycles. The van der Waals surface area contributed by atoms with Crippen molar-refractivity contribution in [2.45, 2.75) is 33.2 Å². The van der Waals surface area contributed by atoms with Crippen molar-refractivity contribution >= 4 is 34.1 Å². The molecule has 150 valence electrons. The van der Waals surface area contributed by atoms with Crippen LogP contribution in [-0.2, 0) is 20.8 Å². The van der Waals surface area contributed by atoms with Crippen LogP contribution in [0.15, 0.2) is 18.2 Å². The number of aromatic nitrogens is 1. The number of carbonyl (C=O) groups is 3. The summed E-state index contributed by atoms with van der Waals surface area (Å²) in [5.74, 6) is -1.44. The number of hydrogen-bond donors (Lipinski definition) is 0. The number of aryl methyl sites for hydroxylation is 1. The van der Waals surface area contributed by atoms with E-state index in [2.05, 4.69) is 4.74 Å². The molecule has 0 saturated carbocycles. The lowest BCUT2D eigenvalue weighted by Gasteiger charge is -2.09. The highest BCUT2D eigenvalue weighted by atomic mass is 32.1. The van der Waals surface area contributed by atoms with E-state index in [-0.39, 0.29) is 28.1 Å². The number of carbonyl (C=O) groups excluding carboxylic acids is 3. The minimum atomic E-state index is -0.779. The summed E-state index contributed by atoms with van der Waals surface area (Å²) >= 11 is 0.693. The van der Waals surface area contributed by atoms with Gasteiger partial charge in [0.1, 0.15) is 4.88 Å². The molecule has 0 saturated heterocycles. The fourth-order valence-electron chi connectivity index (χ4n) is 2.73. The van der Waals surface area contributed by atoms with Crippen LogP contribution in [0.3, 0.4) is 0 Å². The van der Waals surface area contributed by atoms with Gasteiger partial charge in [-0.15, -0.1) is 0 Å². The summed E-state index contributed by atoms with van der Waals surface area (Å²) in [4.78, 5) is 45.8. The SMILES string of the molecule is COC(=O)CCCn1c(C)cc(C(=O)COC(=O)c2ccc([N+](=O)[O-])s2)c1C. The number of thiophene rings is 1. The lowest BCUT2D eigenvalue weighted by Crippen LogP contribution is -2.14. The Bertz CT molecular complexity index is 913. The summed E-state index contributed by atoms with van der Waals surface area (Å²) in [6.07, 6.45) is 0.851. The number of ketones is 1. The van der Waals surface area contributed by atoms with Gasteiger partial charge in [0, 0.05) is 36.0 Å². The van der Waals surface area contributed by atoms with Crippen molar-refractivity contribution in [2.75, 3.05) is 13.7 Å². The van der Waals surface area contributed by atoms with E-state index in [1.54, 1.807) is 13.0 Å². The maximum atomic E-state index is 12.4. The first kappa shape index (κ1) is 21.3. The van der Waals surface area contributed by atoms with Gasteiger partial charge in [-0.25, -0.2) is 4.79 Å². The van der Waals surface area contributed by atoms with Crippen LogP contribution < -0.4 is 0 Å². The smallest absolute Gasteiger partial charge is 0.349 e. The Morgan fingerprint density at radius 2 is 1.96 bits per heavy atom. The largest absolute Gasteiger partial charge is 0.469 e. The maximum absolute atomic E-state index is 12.4. The number of esters is 2. The molecule has 2 heterocycles. The molecule has 0 bridgehead atoms. The Balaban J connectivity index is 1.98. The summed E-state index contributed by atoms with van der Waals surface area (Å²) in [6, 6.07) is 4.22. The summed E-state index contributed by atoms with van der Waals surface area (Å²) in [6.45, 7) is 3.72. The Morgan fingerprint density at radius 1 is 1.25 bits per heavy atom. The first-order chi connectivity index (χ1) is 13.2. The Labute approximate surface area is 165 Å². The molecular formula is C18H20N2O7S. The second-order valence-corrected chi connectivity index (χ2v) is 7.07. The zero-order valence-corrected chi connectivity index (χ0v) is 16.5. The number of nitrogens with zero attached hydrogens (tertiary/aromatic N) is 2. The van der Waals surface area contributed by atoms with E-state index in [4.69, 9.17) is 4.74 Å². The van der Waals surface area contributed by atoms with Gasteiger partial charge in [-0.3, -0.25) is 19.7 Å². The molecule has 0 spiro atoms. The highest BCUT2D eigenvalue weighted by Crippen LogP contribution is 2.24. The second kappa shape index (κ2) is 9.27. The Hall–Kier alpha value is -3.01. The lowest BCUT2D eigenvalue weighted by atomic mass is 10.1. The fourth-order valence-corrected chi connectivity index (χ4v) is 3.44. The van der Waals surface area contributed by atoms with Crippen molar-refractivity contribution in [1.82, 2.24) is 4.57 Å². The van der Waals surface area contributed by atoms with E-state index in [0.29, 0.717) is 29.9 Å². The van der Waals surface area contributed by atoms with Crippen LogP contribution in [0.5, 0.6) is 0 Å². The third-order valence-corrected chi connectivity index (χ3v) is 5.19. The minimum absolute atomic E-state index is 0.0628. The summed E-state index contributed by atoms with van der Waals surface area (Å²) < 4.78 is 11.5. The fraction of sp³-hybridized carbons (Fsp3) is 0.389. The first-order valence-corrected chi connectivity index (χ1v) is 9.24. The molecule has 28 heavy (non-hydrogen) atoms. The monoisotopic (exact) mass is 408 g/mol. The van der Waals surface area contributed by atoms with Gasteiger partial charge in [0.15, 0.2) is 6.61 Å². The number of hydrogen-bond acceptors (Lipinski definition) is 8. The van der Waals surface area contributed by atoms with Gasteiger partial charge in [0.2, 0.25) is 5.78 Å². The number of Topliss-reactive ketones (excluding diaryl/α,β-unsaturated/α-hetero) is 1. The quantitative estimate of drug-likeness (QED) is 0.271. The molecule has 0 aliphatic rings. The third kappa shape index (κ3) is 5.03. The number of rotatable bonds is 9. The van der Waals surface area contributed by atoms with E-state index in [1.807, 2.05) is 11.5 Å². The molecule has 0 amide bonds. The van der Waals surface area contributed by atoms with Gasteiger partial charge >= 0.3 is 16.9 Å². The van der Waals surface area contributed by atoms with Crippen LogP contribution in [0.2, 0.25) is 0 Å². The Morgan fingerprint density at radius 3 is 2.57 bits per heavy atom. The van der Waals surface area contributed by atoms with E-state index in [1.165, 1.54) is 19.2 Å². The van der Waals surface area contributed by atoms with Crippen molar-refractivity contribution in [3.8, 4) is 0 Å².